The third-order valence-electron chi connectivity index (χ3n) is 4.52. The Kier molecular flexibility index (Phi) is 5.87. The molecule has 1 aromatic heterocycles. The number of nitrogens with two attached hydrogens (primary N) is 1. The van der Waals surface area contributed by atoms with Crippen molar-refractivity contribution >= 4 is 35.0 Å². The van der Waals surface area contributed by atoms with E-state index in [2.05, 4.69) is 20.9 Å². The Labute approximate surface area is 173 Å². The van der Waals surface area contributed by atoms with Crippen LogP contribution < -0.4 is 21.7 Å². The van der Waals surface area contributed by atoms with E-state index in [4.69, 9.17) is 5.73 Å². The van der Waals surface area contributed by atoms with Crippen molar-refractivity contribution in [2.75, 3.05) is 16.0 Å². The van der Waals surface area contributed by atoms with Crippen molar-refractivity contribution in [3.63, 3.8) is 0 Å². The van der Waals surface area contributed by atoms with Crippen molar-refractivity contribution in [3.8, 4) is 11.1 Å². The molecule has 0 unspecified atom stereocenters. The molecule has 2 aromatic carbocycles. The van der Waals surface area contributed by atoms with Gasteiger partial charge < -0.3 is 26.7 Å². The van der Waals surface area contributed by atoms with Gasteiger partial charge in [-0.1, -0.05) is 24.3 Å². The fourth-order valence-corrected chi connectivity index (χ4v) is 3.07. The summed E-state index contributed by atoms with van der Waals surface area (Å²) in [7, 11) is 0. The van der Waals surface area contributed by atoms with Gasteiger partial charge in [-0.2, -0.15) is 0 Å². The Morgan fingerprint density at radius 3 is 2.27 bits per heavy atom. The van der Waals surface area contributed by atoms with E-state index >= 15 is 0 Å². The maximum Gasteiger partial charge on any atom is 0.323 e. The SMILES string of the molecule is CC(=O)Nc1[nH]cc(-c2ccc(NC(=O)Nc3cc(C)ccc3C)cc2)c1C(N)=O. The highest BCUT2D eigenvalue weighted by atomic mass is 16.2. The predicted octanol–water partition coefficient (Wildman–Crippen LogP) is 4.00. The van der Waals surface area contributed by atoms with Crippen LogP contribution in [0.2, 0.25) is 0 Å². The van der Waals surface area contributed by atoms with Crippen LogP contribution >= 0.6 is 0 Å². The molecule has 3 aromatic rings. The van der Waals surface area contributed by atoms with E-state index in [9.17, 15) is 14.4 Å². The lowest BCUT2D eigenvalue weighted by Crippen LogP contribution is -2.20. The smallest absolute Gasteiger partial charge is 0.323 e. The van der Waals surface area contributed by atoms with E-state index in [0.29, 0.717) is 16.8 Å². The summed E-state index contributed by atoms with van der Waals surface area (Å²) in [5.74, 6) is -0.731. The molecule has 0 radical (unpaired) electrons. The van der Waals surface area contributed by atoms with Gasteiger partial charge in [0, 0.05) is 30.1 Å². The zero-order chi connectivity index (χ0) is 21.8. The minimum atomic E-state index is -0.662. The Hall–Kier alpha value is -4.07. The van der Waals surface area contributed by atoms with Gasteiger partial charge in [0.1, 0.15) is 5.82 Å². The third-order valence-corrected chi connectivity index (χ3v) is 4.52. The van der Waals surface area contributed by atoms with Crippen molar-refractivity contribution in [1.82, 2.24) is 4.98 Å². The standard InChI is InChI=1S/C22H23N5O3/c1-12-4-5-13(2)18(10-12)27-22(30)26-16-8-6-15(7-9-16)17-11-24-21(25-14(3)28)19(17)20(23)29/h4-11,24H,1-3H3,(H2,23,29)(H,25,28)(H2,26,27,30). The molecule has 3 rings (SSSR count). The number of carbonyl (C=O) groups is 3. The minimum absolute atomic E-state index is 0.193. The van der Waals surface area contributed by atoms with E-state index in [1.165, 1.54) is 6.92 Å². The van der Waals surface area contributed by atoms with Crippen LogP contribution in [0, 0.1) is 13.8 Å². The number of primary amides is 1. The summed E-state index contributed by atoms with van der Waals surface area (Å²) in [4.78, 5) is 38.4. The number of benzene rings is 2. The number of aryl methyl sites for hydroxylation is 2. The van der Waals surface area contributed by atoms with Crippen LogP contribution in [-0.2, 0) is 4.79 Å². The van der Waals surface area contributed by atoms with Crippen LogP contribution in [0.3, 0.4) is 0 Å². The lowest BCUT2D eigenvalue weighted by molar-refractivity contribution is -0.114. The zero-order valence-electron chi connectivity index (χ0n) is 16.9. The quantitative estimate of drug-likeness (QED) is 0.440. The van der Waals surface area contributed by atoms with Gasteiger partial charge in [0.25, 0.3) is 5.91 Å². The van der Waals surface area contributed by atoms with Crippen molar-refractivity contribution in [1.29, 1.82) is 0 Å². The van der Waals surface area contributed by atoms with Crippen molar-refractivity contribution < 1.29 is 14.4 Å². The monoisotopic (exact) mass is 405 g/mol. The normalized spacial score (nSPS) is 10.4. The molecular formula is C22H23N5O3. The molecule has 0 aliphatic carbocycles. The first-order valence-electron chi connectivity index (χ1n) is 9.29. The number of anilines is 3. The molecule has 0 atom stereocenters. The molecular weight excluding hydrogens is 382 g/mol. The molecule has 1 heterocycles. The highest BCUT2D eigenvalue weighted by molar-refractivity contribution is 6.07. The van der Waals surface area contributed by atoms with Crippen LogP contribution in [0.4, 0.5) is 22.0 Å². The summed E-state index contributed by atoms with van der Waals surface area (Å²) in [6.45, 7) is 5.22. The van der Waals surface area contributed by atoms with Crippen molar-refractivity contribution in [3.05, 3.63) is 65.4 Å². The fraction of sp³-hybridized carbons (Fsp3) is 0.136. The summed E-state index contributed by atoms with van der Waals surface area (Å²) in [6.07, 6.45) is 1.60. The Balaban J connectivity index is 1.76. The number of nitrogens with one attached hydrogen (secondary N) is 4. The number of rotatable bonds is 5. The van der Waals surface area contributed by atoms with Gasteiger partial charge in [0.15, 0.2) is 0 Å². The number of aromatic nitrogens is 1. The second kappa shape index (κ2) is 8.52. The van der Waals surface area contributed by atoms with Gasteiger partial charge in [-0.05, 0) is 48.7 Å². The first kappa shape index (κ1) is 20.7. The second-order valence-electron chi connectivity index (χ2n) is 6.97. The first-order chi connectivity index (χ1) is 14.2. The summed E-state index contributed by atoms with van der Waals surface area (Å²) in [6, 6.07) is 12.4. The Morgan fingerprint density at radius 1 is 0.933 bits per heavy atom. The molecule has 0 fully saturated rings. The second-order valence-corrected chi connectivity index (χ2v) is 6.97. The molecule has 6 N–H and O–H groups in total. The molecule has 0 aliphatic heterocycles. The number of H-pyrrole nitrogens is 1. The van der Waals surface area contributed by atoms with Crippen LogP contribution in [-0.4, -0.2) is 22.8 Å². The fourth-order valence-electron chi connectivity index (χ4n) is 3.07. The van der Waals surface area contributed by atoms with E-state index in [1.54, 1.807) is 30.5 Å². The van der Waals surface area contributed by atoms with E-state index in [0.717, 1.165) is 16.8 Å². The molecule has 8 nitrogen and oxygen atoms in total. The number of urea groups is 1. The van der Waals surface area contributed by atoms with Crippen LogP contribution in [0.15, 0.2) is 48.7 Å². The number of hydrogen-bond acceptors (Lipinski definition) is 3. The van der Waals surface area contributed by atoms with Crippen LogP contribution in [0.5, 0.6) is 0 Å². The van der Waals surface area contributed by atoms with E-state index in [-0.39, 0.29) is 23.3 Å². The molecule has 30 heavy (non-hydrogen) atoms. The molecule has 4 amide bonds. The maximum atomic E-state index is 12.3. The molecule has 8 heteroatoms. The van der Waals surface area contributed by atoms with Gasteiger partial charge >= 0.3 is 6.03 Å². The lowest BCUT2D eigenvalue weighted by Gasteiger charge is -2.11. The first-order valence-corrected chi connectivity index (χ1v) is 9.29. The van der Waals surface area contributed by atoms with Gasteiger partial charge in [0.2, 0.25) is 5.91 Å². The highest BCUT2D eigenvalue weighted by Crippen LogP contribution is 2.30. The largest absolute Gasteiger partial charge is 0.365 e. The topological polar surface area (TPSA) is 129 Å². The van der Waals surface area contributed by atoms with Gasteiger partial charge in [-0.25, -0.2) is 4.79 Å². The van der Waals surface area contributed by atoms with Crippen molar-refractivity contribution in [2.45, 2.75) is 20.8 Å². The van der Waals surface area contributed by atoms with Crippen LogP contribution in [0.25, 0.3) is 11.1 Å². The van der Waals surface area contributed by atoms with Gasteiger partial charge in [0.05, 0.1) is 5.56 Å². The predicted molar refractivity (Wildman–Crippen MR) is 118 cm³/mol. The summed E-state index contributed by atoms with van der Waals surface area (Å²) in [5.41, 5.74) is 10.3. The minimum Gasteiger partial charge on any atom is -0.365 e. The molecule has 154 valence electrons. The van der Waals surface area contributed by atoms with E-state index in [1.807, 2.05) is 32.0 Å². The van der Waals surface area contributed by atoms with Gasteiger partial charge in [-0.3, -0.25) is 9.59 Å². The summed E-state index contributed by atoms with van der Waals surface area (Å²) >= 11 is 0. The van der Waals surface area contributed by atoms with Gasteiger partial charge in [-0.15, -0.1) is 0 Å². The summed E-state index contributed by atoms with van der Waals surface area (Å²) in [5, 5.41) is 8.17. The molecule has 0 bridgehead atoms. The third kappa shape index (κ3) is 4.67. The average Bonchev–Trinajstić information content (AvgIpc) is 3.08. The summed E-state index contributed by atoms with van der Waals surface area (Å²) < 4.78 is 0. The van der Waals surface area contributed by atoms with Crippen molar-refractivity contribution in [2.24, 2.45) is 5.73 Å². The lowest BCUT2D eigenvalue weighted by atomic mass is 10.0. The zero-order valence-corrected chi connectivity index (χ0v) is 16.9. The highest BCUT2D eigenvalue weighted by Gasteiger charge is 2.18. The molecule has 0 saturated heterocycles. The number of carbonyl (C=O) groups excluding carboxylic acids is 3. The maximum absolute atomic E-state index is 12.3. The number of aromatic amines is 1. The van der Waals surface area contributed by atoms with E-state index < -0.39 is 5.91 Å². The van der Waals surface area contributed by atoms with Crippen LogP contribution in [0.1, 0.15) is 28.4 Å². The Morgan fingerprint density at radius 2 is 1.63 bits per heavy atom. The molecule has 0 spiro atoms. The number of hydrogen-bond donors (Lipinski definition) is 5. The molecule has 0 saturated carbocycles. The Bertz CT molecular complexity index is 1120. The average molecular weight is 405 g/mol. The number of amides is 4. The molecule has 0 aliphatic rings.